The number of amides is 2. The van der Waals surface area contributed by atoms with Crippen molar-refractivity contribution in [2.24, 2.45) is 5.14 Å². The van der Waals surface area contributed by atoms with Crippen LogP contribution >= 0.6 is 23.3 Å². The van der Waals surface area contributed by atoms with Gasteiger partial charge in [0.05, 0.1) is 0 Å². The second-order valence-corrected chi connectivity index (χ2v) is 7.50. The third-order valence-corrected chi connectivity index (χ3v) is 5.41. The van der Waals surface area contributed by atoms with Crippen LogP contribution in [0.2, 0.25) is 0 Å². The fraction of sp³-hybridized carbons (Fsp3) is 0.375. The van der Waals surface area contributed by atoms with Crippen LogP contribution in [0, 0.1) is 0 Å². The molecule has 9 heteroatoms. The molecule has 0 spiro atoms. The third kappa shape index (κ3) is 4.77. The van der Waals surface area contributed by atoms with E-state index >= 15 is 0 Å². The molecule has 3 rings (SSSR count). The van der Waals surface area contributed by atoms with E-state index < -0.39 is 0 Å². The number of anilines is 1. The van der Waals surface area contributed by atoms with Gasteiger partial charge in [0.25, 0.3) is 11.8 Å². The summed E-state index contributed by atoms with van der Waals surface area (Å²) in [7, 11) is 0. The summed E-state index contributed by atoms with van der Waals surface area (Å²) in [6.45, 7) is 0. The predicted molar refractivity (Wildman–Crippen MR) is 98.7 cm³/mol. The van der Waals surface area contributed by atoms with Crippen molar-refractivity contribution in [2.75, 3.05) is 5.32 Å². The lowest BCUT2D eigenvalue weighted by molar-refractivity contribution is 0.0926. The van der Waals surface area contributed by atoms with Crippen LogP contribution in [0.5, 0.6) is 0 Å². The molecule has 1 fully saturated rings. The summed E-state index contributed by atoms with van der Waals surface area (Å²) >= 11 is 2.19. The van der Waals surface area contributed by atoms with Crippen molar-refractivity contribution in [3.05, 3.63) is 34.8 Å². The molecule has 7 nitrogen and oxygen atoms in total. The van der Waals surface area contributed by atoms with Crippen molar-refractivity contribution in [1.82, 2.24) is 15.5 Å². The molecule has 2 amide bonds. The Hall–Kier alpha value is -1.97. The summed E-state index contributed by atoms with van der Waals surface area (Å²) < 4.78 is 0. The van der Waals surface area contributed by atoms with Crippen LogP contribution in [-0.4, -0.2) is 28.1 Å². The molecule has 1 saturated carbocycles. The van der Waals surface area contributed by atoms with Crippen molar-refractivity contribution < 1.29 is 9.59 Å². The maximum Gasteiger partial charge on any atom is 0.282 e. The Labute approximate surface area is 153 Å². The van der Waals surface area contributed by atoms with Crippen molar-refractivity contribution in [3.63, 3.8) is 0 Å². The Kier molecular flexibility index (Phi) is 6.00. The maximum absolute atomic E-state index is 12.2. The molecule has 25 heavy (non-hydrogen) atoms. The van der Waals surface area contributed by atoms with E-state index in [1.54, 1.807) is 24.3 Å². The highest BCUT2D eigenvalue weighted by molar-refractivity contribution is 7.97. The standard InChI is InChI=1S/C16H19N5O2S2/c17-25-12-8-6-10(7-9-12)13(22)19-16-21-20-15(24-16)14(23)18-11-4-2-1-3-5-11/h6-9,11H,1-5,17H2,(H,18,23)(H,19,21,22). The van der Waals surface area contributed by atoms with Gasteiger partial charge >= 0.3 is 0 Å². The lowest BCUT2D eigenvalue weighted by atomic mass is 9.95. The molecule has 1 aromatic heterocycles. The minimum Gasteiger partial charge on any atom is -0.347 e. The van der Waals surface area contributed by atoms with Gasteiger partial charge in [-0.25, -0.2) is 0 Å². The zero-order valence-corrected chi connectivity index (χ0v) is 15.2. The summed E-state index contributed by atoms with van der Waals surface area (Å²) in [5.41, 5.74) is 0.487. The van der Waals surface area contributed by atoms with E-state index in [0.717, 1.165) is 53.9 Å². The van der Waals surface area contributed by atoms with E-state index in [2.05, 4.69) is 20.8 Å². The average molecular weight is 377 g/mol. The molecule has 132 valence electrons. The molecule has 0 bridgehead atoms. The molecule has 0 unspecified atom stereocenters. The van der Waals surface area contributed by atoms with Gasteiger partial charge in [-0.05, 0) is 49.1 Å². The zero-order chi connectivity index (χ0) is 17.6. The summed E-state index contributed by atoms with van der Waals surface area (Å²) in [6.07, 6.45) is 5.52. The summed E-state index contributed by atoms with van der Waals surface area (Å²) in [5, 5.41) is 19.4. The topological polar surface area (TPSA) is 110 Å². The lowest BCUT2D eigenvalue weighted by Gasteiger charge is -2.21. The Morgan fingerprint density at radius 3 is 2.48 bits per heavy atom. The molecule has 0 atom stereocenters. The van der Waals surface area contributed by atoms with E-state index in [9.17, 15) is 9.59 Å². The van der Waals surface area contributed by atoms with E-state index in [-0.39, 0.29) is 22.9 Å². The van der Waals surface area contributed by atoms with Crippen LogP contribution < -0.4 is 15.8 Å². The zero-order valence-electron chi connectivity index (χ0n) is 13.5. The smallest absolute Gasteiger partial charge is 0.282 e. The summed E-state index contributed by atoms with van der Waals surface area (Å²) in [5.74, 6) is -0.529. The monoisotopic (exact) mass is 377 g/mol. The van der Waals surface area contributed by atoms with Gasteiger partial charge in [-0.15, -0.1) is 10.2 Å². The van der Waals surface area contributed by atoms with Crippen LogP contribution in [0.25, 0.3) is 0 Å². The van der Waals surface area contributed by atoms with Gasteiger partial charge in [0.1, 0.15) is 0 Å². The fourth-order valence-electron chi connectivity index (χ4n) is 2.71. The summed E-state index contributed by atoms with van der Waals surface area (Å²) in [4.78, 5) is 25.3. The van der Waals surface area contributed by atoms with Gasteiger partial charge in [0.15, 0.2) is 0 Å². The van der Waals surface area contributed by atoms with Crippen LogP contribution in [0.3, 0.4) is 0 Å². The number of carbonyl (C=O) groups excluding carboxylic acids is 2. The van der Waals surface area contributed by atoms with Crippen LogP contribution in [0.15, 0.2) is 29.2 Å². The van der Waals surface area contributed by atoms with Gasteiger partial charge in [-0.1, -0.05) is 30.6 Å². The van der Waals surface area contributed by atoms with E-state index in [4.69, 9.17) is 5.14 Å². The van der Waals surface area contributed by atoms with E-state index in [0.29, 0.717) is 10.7 Å². The van der Waals surface area contributed by atoms with Crippen molar-refractivity contribution in [1.29, 1.82) is 0 Å². The number of nitrogens with zero attached hydrogens (tertiary/aromatic N) is 2. The molecule has 2 aromatic rings. The predicted octanol–water partition coefficient (Wildman–Crippen LogP) is 2.82. The quantitative estimate of drug-likeness (QED) is 0.691. The largest absolute Gasteiger partial charge is 0.347 e. The highest BCUT2D eigenvalue weighted by Crippen LogP contribution is 2.20. The summed E-state index contributed by atoms with van der Waals surface area (Å²) in [6, 6.07) is 7.11. The van der Waals surface area contributed by atoms with E-state index in [1.165, 1.54) is 6.42 Å². The number of carbonyl (C=O) groups is 2. The number of nitrogens with two attached hydrogens (primary N) is 1. The average Bonchev–Trinajstić information content (AvgIpc) is 3.11. The lowest BCUT2D eigenvalue weighted by Crippen LogP contribution is -2.36. The molecule has 0 radical (unpaired) electrons. The molecule has 1 aliphatic rings. The number of hydrogen-bond donors (Lipinski definition) is 3. The van der Waals surface area contributed by atoms with Crippen molar-refractivity contribution in [2.45, 2.75) is 43.0 Å². The fourth-order valence-corrected chi connectivity index (χ4v) is 3.65. The number of hydrogen-bond acceptors (Lipinski definition) is 7. The van der Waals surface area contributed by atoms with Crippen LogP contribution in [0.1, 0.15) is 52.3 Å². The van der Waals surface area contributed by atoms with Gasteiger partial charge in [-0.3, -0.25) is 20.0 Å². The number of aromatic nitrogens is 2. The second-order valence-electron chi connectivity index (χ2n) is 5.82. The number of nitrogens with one attached hydrogen (secondary N) is 2. The van der Waals surface area contributed by atoms with Crippen molar-refractivity contribution >= 4 is 40.2 Å². The Morgan fingerprint density at radius 2 is 1.80 bits per heavy atom. The molecule has 1 heterocycles. The molecular formula is C16H19N5O2S2. The van der Waals surface area contributed by atoms with Crippen molar-refractivity contribution in [3.8, 4) is 0 Å². The van der Waals surface area contributed by atoms with Crippen LogP contribution in [0.4, 0.5) is 5.13 Å². The number of rotatable bonds is 5. The highest BCUT2D eigenvalue weighted by atomic mass is 32.2. The minimum atomic E-state index is -0.302. The maximum atomic E-state index is 12.2. The molecular weight excluding hydrogens is 358 g/mol. The van der Waals surface area contributed by atoms with Gasteiger partial charge in [0, 0.05) is 16.5 Å². The molecule has 0 aliphatic heterocycles. The number of benzene rings is 1. The Balaban J connectivity index is 1.58. The molecule has 4 N–H and O–H groups in total. The van der Waals surface area contributed by atoms with E-state index in [1.807, 2.05) is 0 Å². The first-order valence-corrected chi connectivity index (χ1v) is 9.78. The van der Waals surface area contributed by atoms with Gasteiger partial charge in [-0.2, -0.15) is 0 Å². The molecule has 0 saturated heterocycles. The van der Waals surface area contributed by atoms with Gasteiger partial charge < -0.3 is 5.32 Å². The first-order valence-electron chi connectivity index (χ1n) is 8.08. The normalized spacial score (nSPS) is 14.9. The minimum absolute atomic E-state index is 0.210. The Morgan fingerprint density at radius 1 is 1.08 bits per heavy atom. The molecule has 1 aliphatic carbocycles. The first kappa shape index (κ1) is 17.8. The first-order chi connectivity index (χ1) is 12.2. The van der Waals surface area contributed by atoms with Gasteiger partial charge in [0.2, 0.25) is 10.1 Å². The Bertz CT molecular complexity index is 741. The SMILES string of the molecule is NSc1ccc(C(=O)Nc2nnc(C(=O)NC3CCCCC3)s2)cc1. The van der Waals surface area contributed by atoms with Crippen LogP contribution in [-0.2, 0) is 0 Å². The third-order valence-electron chi connectivity index (χ3n) is 4.03. The second kappa shape index (κ2) is 8.41. The highest BCUT2D eigenvalue weighted by Gasteiger charge is 2.20. The molecule has 1 aromatic carbocycles.